The average molecular weight is 356 g/mol. The molecule has 2 atom stereocenters. The van der Waals surface area contributed by atoms with Crippen molar-refractivity contribution >= 4 is 34.2 Å². The highest BCUT2D eigenvalue weighted by Crippen LogP contribution is 2.38. The van der Waals surface area contributed by atoms with E-state index in [1.165, 1.54) is 42.2 Å². The van der Waals surface area contributed by atoms with E-state index in [9.17, 15) is 4.21 Å². The maximum Gasteiger partial charge on any atom is 0.0856 e. The molecule has 0 aromatic heterocycles. The first-order valence-electron chi connectivity index (χ1n) is 7.09. The topological polar surface area (TPSA) is 43.1 Å². The maximum absolute atomic E-state index is 9.33. The van der Waals surface area contributed by atoms with Gasteiger partial charge in [-0.15, -0.1) is 0 Å². The van der Waals surface area contributed by atoms with E-state index < -0.39 is 11.0 Å². The van der Waals surface area contributed by atoms with Crippen molar-refractivity contribution in [2.24, 2.45) is 5.14 Å². The second-order valence-corrected chi connectivity index (χ2v) is 7.13. The third kappa shape index (κ3) is 4.56. The predicted octanol–water partition coefficient (Wildman–Crippen LogP) is 4.70. The van der Waals surface area contributed by atoms with Crippen LogP contribution in [0.2, 0.25) is 10.0 Å². The van der Waals surface area contributed by atoms with E-state index in [1.54, 1.807) is 0 Å². The summed E-state index contributed by atoms with van der Waals surface area (Å²) in [6.07, 6.45) is 5.03. The summed E-state index contributed by atoms with van der Waals surface area (Å²) in [6, 6.07) is 14.7. The van der Waals surface area contributed by atoms with Crippen LogP contribution in [0.25, 0.3) is 0 Å². The van der Waals surface area contributed by atoms with Gasteiger partial charge in [-0.3, -0.25) is 5.14 Å². The lowest BCUT2D eigenvalue weighted by molar-refractivity contribution is 0.616. The molecule has 0 amide bonds. The number of halogens is 2. The molecule has 2 aromatic carbocycles. The Labute approximate surface area is 144 Å². The minimum Gasteiger partial charge on any atom is -0.252 e. The van der Waals surface area contributed by atoms with Crippen molar-refractivity contribution in [1.29, 1.82) is 0 Å². The van der Waals surface area contributed by atoms with Gasteiger partial charge in [0.1, 0.15) is 0 Å². The third-order valence-electron chi connectivity index (χ3n) is 3.72. The molecule has 22 heavy (non-hydrogen) atoms. The number of rotatable bonds is 1. The molecule has 1 aliphatic rings. The van der Waals surface area contributed by atoms with Crippen LogP contribution in [0.3, 0.4) is 0 Å². The van der Waals surface area contributed by atoms with Gasteiger partial charge in [-0.1, -0.05) is 53.5 Å². The van der Waals surface area contributed by atoms with Gasteiger partial charge in [0.2, 0.25) is 0 Å². The fraction of sp³-hybridized carbons (Fsp3) is 0.294. The third-order valence-corrected chi connectivity index (χ3v) is 4.45. The molecular formula is C17H19Cl2NOS. The van der Waals surface area contributed by atoms with Crippen LogP contribution in [0.5, 0.6) is 0 Å². The fourth-order valence-electron chi connectivity index (χ4n) is 2.83. The Bertz CT molecular complexity index is 671. The van der Waals surface area contributed by atoms with Crippen molar-refractivity contribution in [3.63, 3.8) is 0 Å². The summed E-state index contributed by atoms with van der Waals surface area (Å²) in [5, 5.41) is 5.86. The summed E-state index contributed by atoms with van der Waals surface area (Å²) in [5.41, 5.74) is 4.19. The zero-order chi connectivity index (χ0) is 16.1. The Kier molecular flexibility index (Phi) is 6.45. The molecule has 0 unspecified atom stereocenters. The minimum absolute atomic E-state index is 0.463. The molecule has 2 nitrogen and oxygen atoms in total. The van der Waals surface area contributed by atoms with Crippen molar-refractivity contribution < 1.29 is 4.21 Å². The van der Waals surface area contributed by atoms with E-state index in [0.717, 1.165) is 0 Å². The van der Waals surface area contributed by atoms with Gasteiger partial charge in [0, 0.05) is 12.2 Å². The quantitative estimate of drug-likeness (QED) is 0.791. The van der Waals surface area contributed by atoms with Crippen LogP contribution in [-0.4, -0.2) is 10.5 Å². The van der Waals surface area contributed by atoms with Gasteiger partial charge < -0.3 is 0 Å². The highest BCUT2D eigenvalue weighted by atomic mass is 35.5. The normalized spacial score (nSPS) is 17.9. The van der Waals surface area contributed by atoms with Crippen LogP contribution in [0.4, 0.5) is 0 Å². The smallest absolute Gasteiger partial charge is 0.0856 e. The second kappa shape index (κ2) is 8.11. The molecule has 2 N–H and O–H groups in total. The van der Waals surface area contributed by atoms with Gasteiger partial charge in [0.15, 0.2) is 0 Å². The van der Waals surface area contributed by atoms with Gasteiger partial charge in [0.05, 0.1) is 21.0 Å². The minimum atomic E-state index is -1.11. The monoisotopic (exact) mass is 355 g/mol. The van der Waals surface area contributed by atoms with E-state index in [4.69, 9.17) is 23.2 Å². The van der Waals surface area contributed by atoms with Gasteiger partial charge in [-0.05, 0) is 48.1 Å². The van der Waals surface area contributed by atoms with E-state index in [2.05, 4.69) is 35.5 Å². The molecular weight excluding hydrogens is 337 g/mol. The Morgan fingerprint density at radius 2 is 1.82 bits per heavy atom. The number of benzene rings is 2. The van der Waals surface area contributed by atoms with Gasteiger partial charge >= 0.3 is 0 Å². The molecule has 0 heterocycles. The van der Waals surface area contributed by atoms with E-state index >= 15 is 0 Å². The fourth-order valence-corrected chi connectivity index (χ4v) is 3.14. The van der Waals surface area contributed by atoms with E-state index in [-0.39, 0.29) is 0 Å². The average Bonchev–Trinajstić information content (AvgIpc) is 2.49. The molecule has 118 valence electrons. The lowest BCUT2D eigenvalue weighted by Gasteiger charge is -2.26. The summed E-state index contributed by atoms with van der Waals surface area (Å²) < 4.78 is 9.33. The molecule has 0 radical (unpaired) electrons. The molecule has 0 saturated heterocycles. The van der Waals surface area contributed by atoms with Crippen molar-refractivity contribution in [1.82, 2.24) is 0 Å². The van der Waals surface area contributed by atoms with Crippen molar-refractivity contribution in [3.05, 3.63) is 69.2 Å². The zero-order valence-corrected chi connectivity index (χ0v) is 14.7. The van der Waals surface area contributed by atoms with E-state index in [0.29, 0.717) is 16.0 Å². The highest BCUT2D eigenvalue weighted by molar-refractivity contribution is 7.81. The maximum atomic E-state index is 9.33. The number of hydrogen-bond donors (Lipinski definition) is 1. The zero-order valence-electron chi connectivity index (χ0n) is 12.4. The number of aryl methyl sites for hydroxylation is 1. The van der Waals surface area contributed by atoms with E-state index in [1.807, 2.05) is 12.1 Å². The molecule has 1 aliphatic carbocycles. The number of nitrogens with two attached hydrogens (primary N) is 1. The Morgan fingerprint density at radius 3 is 2.50 bits per heavy atom. The summed E-state index contributed by atoms with van der Waals surface area (Å²) in [5.74, 6) is 0.463. The van der Waals surface area contributed by atoms with Gasteiger partial charge in [0.25, 0.3) is 0 Å². The summed E-state index contributed by atoms with van der Waals surface area (Å²) in [4.78, 5) is 0. The molecule has 0 spiro atoms. The summed E-state index contributed by atoms with van der Waals surface area (Å²) in [7, 11) is -1.11. The molecule has 0 aliphatic heterocycles. The Balaban J connectivity index is 0.000000396. The SMILES string of the molecule is C[S@](N)=O.Clc1ccc([C@@H]2CCCc3ccccc32)cc1Cl. The van der Waals surface area contributed by atoms with Gasteiger partial charge in [-0.2, -0.15) is 0 Å². The van der Waals surface area contributed by atoms with Crippen molar-refractivity contribution in [2.75, 3.05) is 6.26 Å². The van der Waals surface area contributed by atoms with Crippen molar-refractivity contribution in [3.8, 4) is 0 Å². The standard InChI is InChI=1S/C16H14Cl2.CH5NOS/c17-15-9-8-12(10-16(15)18)14-7-3-5-11-4-1-2-6-13(11)14;1-4(2)3/h1-2,4,6,8-10,14H,3,5,7H2;2H2,1H3/t14-;4-/m01/s1. The molecule has 2 aromatic rings. The summed E-state index contributed by atoms with van der Waals surface area (Å²) in [6.45, 7) is 0. The van der Waals surface area contributed by atoms with Crippen molar-refractivity contribution in [2.45, 2.75) is 25.2 Å². The van der Waals surface area contributed by atoms with Crippen LogP contribution >= 0.6 is 23.2 Å². The molecule has 0 fully saturated rings. The largest absolute Gasteiger partial charge is 0.252 e. The first-order chi connectivity index (χ1) is 10.5. The molecule has 5 heteroatoms. The Morgan fingerprint density at radius 1 is 1.14 bits per heavy atom. The van der Waals surface area contributed by atoms with Crippen LogP contribution in [0.1, 0.15) is 35.4 Å². The van der Waals surface area contributed by atoms with Crippen LogP contribution in [0, 0.1) is 0 Å². The lowest BCUT2D eigenvalue weighted by Crippen LogP contribution is -2.10. The van der Waals surface area contributed by atoms with Crippen LogP contribution in [-0.2, 0) is 17.4 Å². The van der Waals surface area contributed by atoms with Crippen LogP contribution in [0.15, 0.2) is 42.5 Å². The number of fused-ring (bicyclic) bond motifs is 1. The predicted molar refractivity (Wildman–Crippen MR) is 95.9 cm³/mol. The summed E-state index contributed by atoms with van der Waals surface area (Å²) >= 11 is 12.1. The molecule has 3 rings (SSSR count). The highest BCUT2D eigenvalue weighted by Gasteiger charge is 2.21. The first-order valence-corrected chi connectivity index (χ1v) is 9.47. The second-order valence-electron chi connectivity index (χ2n) is 5.32. The first kappa shape index (κ1) is 17.5. The van der Waals surface area contributed by atoms with Gasteiger partial charge in [-0.25, -0.2) is 4.21 Å². The lowest BCUT2D eigenvalue weighted by atomic mass is 9.79. The molecule has 0 saturated carbocycles. The molecule has 0 bridgehead atoms. The Hall–Kier alpha value is -0.870. The number of hydrogen-bond acceptors (Lipinski definition) is 1. The van der Waals surface area contributed by atoms with Crippen LogP contribution < -0.4 is 5.14 Å².